The Morgan fingerprint density at radius 2 is 1.74 bits per heavy atom. The highest BCUT2D eigenvalue weighted by Crippen LogP contribution is 2.33. The largest absolute Gasteiger partial charge is 0.573 e. The molecular weight excluding hydrogens is 527 g/mol. The van der Waals surface area contributed by atoms with Crippen LogP contribution >= 0.6 is 12.2 Å². The Morgan fingerprint density at radius 1 is 1.03 bits per heavy atom. The molecule has 0 spiro atoms. The number of ether oxygens (including phenoxy) is 1. The zero-order chi connectivity index (χ0) is 27.7. The van der Waals surface area contributed by atoms with E-state index in [9.17, 15) is 13.2 Å². The van der Waals surface area contributed by atoms with Crippen molar-refractivity contribution >= 4 is 51.0 Å². The van der Waals surface area contributed by atoms with Gasteiger partial charge in [0.25, 0.3) is 0 Å². The molecule has 198 valence electrons. The van der Waals surface area contributed by atoms with Crippen molar-refractivity contribution in [1.29, 1.82) is 0 Å². The maximum atomic E-state index is 12.5. The summed E-state index contributed by atoms with van der Waals surface area (Å²) in [6.07, 6.45) is -1.62. The quantitative estimate of drug-likeness (QED) is 0.157. The first kappa shape index (κ1) is 26.0. The molecule has 0 atom stereocenters. The Morgan fingerprint density at radius 3 is 2.44 bits per heavy atom. The van der Waals surface area contributed by atoms with Crippen molar-refractivity contribution in [2.75, 3.05) is 5.32 Å². The third-order valence-corrected chi connectivity index (χ3v) is 6.20. The van der Waals surface area contributed by atoms with E-state index in [4.69, 9.17) is 12.2 Å². The molecule has 0 radical (unpaired) electrons. The second kappa shape index (κ2) is 10.3. The van der Waals surface area contributed by atoms with Gasteiger partial charge in [-0.2, -0.15) is 10.2 Å². The SMILES string of the molecule is Cc1cccc(C)c1NC(=S)N/N=C/c1ncc2c(ccc3c(-c4ccc(OC(F)(F)F)cc4)n(C)nc32)n1. The molecule has 2 N–H and O–H groups in total. The molecule has 39 heavy (non-hydrogen) atoms. The van der Waals surface area contributed by atoms with Crippen LogP contribution in [0.3, 0.4) is 0 Å². The van der Waals surface area contributed by atoms with Gasteiger partial charge in [0.15, 0.2) is 10.9 Å². The first-order valence-corrected chi connectivity index (χ1v) is 12.1. The molecule has 12 heteroatoms. The number of fused-ring (bicyclic) bond motifs is 3. The van der Waals surface area contributed by atoms with Crippen LogP contribution in [0.4, 0.5) is 18.9 Å². The minimum Gasteiger partial charge on any atom is -0.406 e. The Balaban J connectivity index is 1.36. The average Bonchev–Trinajstić information content (AvgIpc) is 3.22. The molecular formula is C27H22F3N7OS. The lowest BCUT2D eigenvalue weighted by Gasteiger charge is -2.12. The van der Waals surface area contributed by atoms with Gasteiger partial charge in [-0.1, -0.05) is 18.2 Å². The van der Waals surface area contributed by atoms with E-state index >= 15 is 0 Å². The molecule has 5 aromatic rings. The van der Waals surface area contributed by atoms with E-state index in [1.54, 1.807) is 30.1 Å². The van der Waals surface area contributed by atoms with E-state index in [1.165, 1.54) is 18.3 Å². The van der Waals surface area contributed by atoms with Crippen LogP contribution in [0.25, 0.3) is 33.1 Å². The number of benzene rings is 3. The molecule has 3 aromatic carbocycles. The van der Waals surface area contributed by atoms with Gasteiger partial charge in [0.05, 0.1) is 17.4 Å². The van der Waals surface area contributed by atoms with E-state index in [0.717, 1.165) is 33.3 Å². The second-order valence-electron chi connectivity index (χ2n) is 8.76. The van der Waals surface area contributed by atoms with Crippen molar-refractivity contribution < 1.29 is 17.9 Å². The molecule has 0 aliphatic heterocycles. The molecule has 8 nitrogen and oxygen atoms in total. The van der Waals surface area contributed by atoms with Crippen LogP contribution in [0.1, 0.15) is 17.0 Å². The van der Waals surface area contributed by atoms with Crippen LogP contribution in [0.2, 0.25) is 0 Å². The molecule has 0 unspecified atom stereocenters. The van der Waals surface area contributed by atoms with E-state index in [2.05, 4.69) is 35.6 Å². The summed E-state index contributed by atoms with van der Waals surface area (Å²) in [4.78, 5) is 8.94. The number of aromatic nitrogens is 4. The summed E-state index contributed by atoms with van der Waals surface area (Å²) in [5, 5.41) is 13.8. The van der Waals surface area contributed by atoms with Crippen LogP contribution in [0.5, 0.6) is 5.75 Å². The van der Waals surface area contributed by atoms with Crippen molar-refractivity contribution in [2.24, 2.45) is 12.1 Å². The molecule has 0 aliphatic rings. The predicted molar refractivity (Wildman–Crippen MR) is 149 cm³/mol. The summed E-state index contributed by atoms with van der Waals surface area (Å²) in [5.41, 5.74) is 8.60. The summed E-state index contributed by atoms with van der Waals surface area (Å²) in [7, 11) is 1.77. The minimum atomic E-state index is -4.75. The Kier molecular flexibility index (Phi) is 6.87. The van der Waals surface area contributed by atoms with Gasteiger partial charge in [-0.05, 0) is 73.6 Å². The van der Waals surface area contributed by atoms with Crippen molar-refractivity contribution in [1.82, 2.24) is 25.2 Å². The number of thiocarbonyl (C=S) groups is 1. The van der Waals surface area contributed by atoms with Gasteiger partial charge < -0.3 is 10.1 Å². The molecule has 0 amide bonds. The summed E-state index contributed by atoms with van der Waals surface area (Å²) >= 11 is 5.34. The predicted octanol–water partition coefficient (Wildman–Crippen LogP) is 6.02. The lowest BCUT2D eigenvalue weighted by molar-refractivity contribution is -0.274. The van der Waals surface area contributed by atoms with Crippen LogP contribution < -0.4 is 15.5 Å². The van der Waals surface area contributed by atoms with Gasteiger partial charge in [-0.15, -0.1) is 13.2 Å². The van der Waals surface area contributed by atoms with E-state index in [1.807, 2.05) is 44.2 Å². The van der Waals surface area contributed by atoms with Crippen LogP contribution in [-0.2, 0) is 7.05 Å². The van der Waals surface area contributed by atoms with E-state index < -0.39 is 6.36 Å². The zero-order valence-corrected chi connectivity index (χ0v) is 21.9. The average molecular weight is 550 g/mol. The number of alkyl halides is 3. The van der Waals surface area contributed by atoms with Crippen molar-refractivity contribution in [3.05, 3.63) is 77.7 Å². The summed E-state index contributed by atoms with van der Waals surface area (Å²) in [6, 6.07) is 15.3. The van der Waals surface area contributed by atoms with E-state index in [-0.39, 0.29) is 5.75 Å². The fourth-order valence-electron chi connectivity index (χ4n) is 4.30. The van der Waals surface area contributed by atoms with Gasteiger partial charge in [0.2, 0.25) is 0 Å². The first-order valence-electron chi connectivity index (χ1n) is 11.7. The fourth-order valence-corrected chi connectivity index (χ4v) is 4.45. The molecule has 0 bridgehead atoms. The van der Waals surface area contributed by atoms with Gasteiger partial charge in [0.1, 0.15) is 11.3 Å². The first-order chi connectivity index (χ1) is 18.6. The number of para-hydroxylation sites is 1. The molecule has 2 heterocycles. The topological polar surface area (TPSA) is 89.3 Å². The highest BCUT2D eigenvalue weighted by atomic mass is 32.1. The van der Waals surface area contributed by atoms with Crippen molar-refractivity contribution in [3.63, 3.8) is 0 Å². The second-order valence-corrected chi connectivity index (χ2v) is 9.17. The molecule has 5 rings (SSSR count). The fraction of sp³-hybridized carbons (Fsp3) is 0.148. The standard InChI is InChI=1S/C27H22F3N7OS/c1-15-5-4-6-16(2)23(15)34-26(39)35-32-14-22-31-13-20-21(33-22)12-11-19-24(20)36-37(3)25(19)17-7-9-18(10-8-17)38-27(28,29)30/h4-14H,1-3H3,(H2,34,35,39)/b32-14+. The number of nitrogens with zero attached hydrogens (tertiary/aromatic N) is 5. The van der Waals surface area contributed by atoms with Crippen molar-refractivity contribution in [3.8, 4) is 17.0 Å². The Labute approximate surface area is 226 Å². The van der Waals surface area contributed by atoms with Crippen LogP contribution in [-0.4, -0.2) is 37.4 Å². The third-order valence-electron chi connectivity index (χ3n) is 6.01. The summed E-state index contributed by atoms with van der Waals surface area (Å²) in [6.45, 7) is 3.99. The number of halogens is 3. The summed E-state index contributed by atoms with van der Waals surface area (Å²) in [5.74, 6) is 0.0859. The number of hydrogen-bond donors (Lipinski definition) is 2. The number of hydrogen-bond acceptors (Lipinski definition) is 6. The molecule has 0 fully saturated rings. The zero-order valence-electron chi connectivity index (χ0n) is 21.0. The molecule has 0 saturated carbocycles. The third kappa shape index (κ3) is 5.65. The highest BCUT2D eigenvalue weighted by molar-refractivity contribution is 7.80. The highest BCUT2D eigenvalue weighted by Gasteiger charge is 2.31. The molecule has 0 saturated heterocycles. The van der Waals surface area contributed by atoms with Crippen LogP contribution in [0.15, 0.2) is 65.9 Å². The normalized spacial score (nSPS) is 11.8. The molecule has 2 aromatic heterocycles. The van der Waals surface area contributed by atoms with Crippen LogP contribution in [0, 0.1) is 13.8 Å². The maximum absolute atomic E-state index is 12.5. The maximum Gasteiger partial charge on any atom is 0.573 e. The summed E-state index contributed by atoms with van der Waals surface area (Å²) < 4.78 is 43.2. The lowest BCUT2D eigenvalue weighted by Crippen LogP contribution is -2.24. The Bertz CT molecular complexity index is 1710. The number of hydrazone groups is 1. The number of anilines is 1. The number of rotatable bonds is 5. The monoisotopic (exact) mass is 549 g/mol. The lowest BCUT2D eigenvalue weighted by atomic mass is 10.1. The van der Waals surface area contributed by atoms with Gasteiger partial charge >= 0.3 is 6.36 Å². The van der Waals surface area contributed by atoms with Gasteiger partial charge in [-0.25, -0.2) is 9.97 Å². The molecule has 0 aliphatic carbocycles. The van der Waals surface area contributed by atoms with Gasteiger partial charge in [-0.3, -0.25) is 10.1 Å². The Hall–Kier alpha value is -4.58. The van der Waals surface area contributed by atoms with Crippen molar-refractivity contribution in [2.45, 2.75) is 20.2 Å². The van der Waals surface area contributed by atoms with E-state index in [0.29, 0.717) is 27.5 Å². The number of aryl methyl sites for hydroxylation is 3. The number of nitrogens with one attached hydrogen (secondary N) is 2. The minimum absolute atomic E-state index is 0.290. The van der Waals surface area contributed by atoms with Gasteiger partial charge in [0, 0.05) is 35.3 Å². The smallest absolute Gasteiger partial charge is 0.406 e.